The maximum Gasteiger partial charge on any atom is 0.435 e. The minimum Gasteiger partial charge on any atom is -0.277 e. The Morgan fingerprint density at radius 3 is 2.35 bits per heavy atom. The fraction of sp³-hybridized carbons (Fsp3) is 0.118. The summed E-state index contributed by atoms with van der Waals surface area (Å²) >= 11 is 0. The average molecular weight is 380 g/mol. The van der Waals surface area contributed by atoms with Gasteiger partial charge in [-0.2, -0.15) is 18.3 Å². The SMILES string of the molecule is Cc1c(-c2cc(C(F)(F)F)n[nH]2)[c]ccc1-c1ccc(S(N)(=O)=O)cc1. The summed E-state index contributed by atoms with van der Waals surface area (Å²) in [7, 11) is -3.80. The Morgan fingerprint density at radius 2 is 1.81 bits per heavy atom. The Hall–Kier alpha value is -2.65. The van der Waals surface area contributed by atoms with Crippen molar-refractivity contribution in [3.63, 3.8) is 0 Å². The number of hydrogen-bond acceptors (Lipinski definition) is 3. The maximum atomic E-state index is 12.7. The lowest BCUT2D eigenvalue weighted by molar-refractivity contribution is -0.141. The third-order valence-corrected chi connectivity index (χ3v) is 4.82. The van der Waals surface area contributed by atoms with Crippen LogP contribution in [0, 0.1) is 13.0 Å². The van der Waals surface area contributed by atoms with Crippen molar-refractivity contribution in [2.24, 2.45) is 5.14 Å². The second-order valence-corrected chi connectivity index (χ2v) is 7.19. The van der Waals surface area contributed by atoms with Gasteiger partial charge in [-0.05, 0) is 47.9 Å². The zero-order chi connectivity index (χ0) is 19.1. The quantitative estimate of drug-likeness (QED) is 0.729. The number of nitrogens with zero attached hydrogens (tertiary/aromatic N) is 1. The number of nitrogens with one attached hydrogen (secondary N) is 1. The van der Waals surface area contributed by atoms with E-state index in [0.29, 0.717) is 16.7 Å². The molecule has 3 N–H and O–H groups in total. The molecule has 0 aliphatic carbocycles. The number of aromatic amines is 1. The number of alkyl halides is 3. The molecule has 1 radical (unpaired) electrons. The summed E-state index contributed by atoms with van der Waals surface area (Å²) in [6, 6.07) is 13.1. The minimum atomic E-state index is -4.54. The smallest absolute Gasteiger partial charge is 0.277 e. The summed E-state index contributed by atoms with van der Waals surface area (Å²) in [5.41, 5.74) is 1.72. The second-order valence-electron chi connectivity index (χ2n) is 5.63. The minimum absolute atomic E-state index is 0.0231. The van der Waals surface area contributed by atoms with E-state index in [4.69, 9.17) is 5.14 Å². The van der Waals surface area contributed by atoms with Crippen LogP contribution >= 0.6 is 0 Å². The average Bonchev–Trinajstić information content (AvgIpc) is 3.04. The van der Waals surface area contributed by atoms with Crippen molar-refractivity contribution in [1.82, 2.24) is 10.2 Å². The fourth-order valence-electron chi connectivity index (χ4n) is 2.59. The molecule has 0 spiro atoms. The van der Waals surface area contributed by atoms with Crippen molar-refractivity contribution in [1.29, 1.82) is 0 Å². The summed E-state index contributed by atoms with van der Waals surface area (Å²) in [4.78, 5) is -0.0231. The van der Waals surface area contributed by atoms with E-state index < -0.39 is 21.9 Å². The van der Waals surface area contributed by atoms with Crippen LogP contribution in [0.25, 0.3) is 22.4 Å². The number of hydrogen-bond donors (Lipinski definition) is 2. The molecule has 0 fully saturated rings. The number of sulfonamides is 1. The van der Waals surface area contributed by atoms with E-state index in [1.54, 1.807) is 31.2 Å². The van der Waals surface area contributed by atoms with Crippen LogP contribution in [0.3, 0.4) is 0 Å². The first-order chi connectivity index (χ1) is 12.1. The standard InChI is InChI=1S/C17H13F3N3O2S/c1-10-13(11-5-7-12(8-6-11)26(21,24)25)3-2-4-14(10)15-9-16(23-22-15)17(18,19)20/h2-3,5-9H,1H3,(H,22,23)(H2,21,24,25). The van der Waals surface area contributed by atoms with Crippen LogP contribution in [0.15, 0.2) is 47.4 Å². The highest BCUT2D eigenvalue weighted by atomic mass is 32.2. The first kappa shape index (κ1) is 18.2. The Balaban J connectivity index is 2.04. The fourth-order valence-corrected chi connectivity index (χ4v) is 3.10. The van der Waals surface area contributed by atoms with Crippen LogP contribution in [0.5, 0.6) is 0 Å². The lowest BCUT2D eigenvalue weighted by Gasteiger charge is -2.10. The van der Waals surface area contributed by atoms with Gasteiger partial charge in [-0.3, -0.25) is 5.10 Å². The first-order valence-corrected chi connectivity index (χ1v) is 8.89. The maximum absolute atomic E-state index is 12.7. The van der Waals surface area contributed by atoms with E-state index in [0.717, 1.165) is 11.6 Å². The molecule has 0 saturated carbocycles. The number of primary sulfonamides is 1. The van der Waals surface area contributed by atoms with Gasteiger partial charge in [-0.1, -0.05) is 24.3 Å². The molecule has 26 heavy (non-hydrogen) atoms. The zero-order valence-electron chi connectivity index (χ0n) is 13.4. The summed E-state index contributed by atoms with van der Waals surface area (Å²) in [6.07, 6.45) is -4.54. The molecule has 9 heteroatoms. The molecule has 0 bridgehead atoms. The van der Waals surface area contributed by atoms with Gasteiger partial charge in [-0.15, -0.1) is 0 Å². The number of benzene rings is 2. The Morgan fingerprint density at radius 1 is 1.15 bits per heavy atom. The number of H-pyrrole nitrogens is 1. The van der Waals surface area contributed by atoms with Gasteiger partial charge in [0.1, 0.15) is 0 Å². The zero-order valence-corrected chi connectivity index (χ0v) is 14.2. The molecule has 5 nitrogen and oxygen atoms in total. The third kappa shape index (κ3) is 3.49. The number of aromatic nitrogens is 2. The van der Waals surface area contributed by atoms with Gasteiger partial charge in [0, 0.05) is 5.56 Å². The van der Waals surface area contributed by atoms with Gasteiger partial charge in [0.2, 0.25) is 10.0 Å². The first-order valence-electron chi connectivity index (χ1n) is 7.35. The summed E-state index contributed by atoms with van der Waals surface area (Å²) in [5, 5.41) is 10.8. The largest absolute Gasteiger partial charge is 0.435 e. The van der Waals surface area contributed by atoms with Gasteiger partial charge in [0.05, 0.1) is 10.6 Å². The lowest BCUT2D eigenvalue weighted by Crippen LogP contribution is -2.11. The van der Waals surface area contributed by atoms with Crippen molar-refractivity contribution in [2.75, 3.05) is 0 Å². The predicted octanol–water partition coefficient (Wildman–Crippen LogP) is 3.52. The normalized spacial score (nSPS) is 12.3. The van der Waals surface area contributed by atoms with E-state index in [1.165, 1.54) is 12.1 Å². The Bertz CT molecular complexity index is 1060. The van der Waals surface area contributed by atoms with Crippen molar-refractivity contribution >= 4 is 10.0 Å². The van der Waals surface area contributed by atoms with Gasteiger partial charge in [-0.25, -0.2) is 13.6 Å². The molecular weight excluding hydrogens is 367 g/mol. The molecule has 135 valence electrons. The summed E-state index contributed by atoms with van der Waals surface area (Å²) < 4.78 is 60.9. The molecule has 2 aromatic carbocycles. The van der Waals surface area contributed by atoms with Crippen LogP contribution < -0.4 is 5.14 Å². The number of halogens is 3. The molecule has 0 amide bonds. The monoisotopic (exact) mass is 380 g/mol. The van der Waals surface area contributed by atoms with E-state index in [2.05, 4.69) is 16.3 Å². The topological polar surface area (TPSA) is 88.8 Å². The highest BCUT2D eigenvalue weighted by molar-refractivity contribution is 7.89. The molecule has 0 unspecified atom stereocenters. The highest BCUT2D eigenvalue weighted by Crippen LogP contribution is 2.34. The lowest BCUT2D eigenvalue weighted by atomic mass is 9.95. The molecular formula is C17H13F3N3O2S. The molecule has 3 rings (SSSR count). The predicted molar refractivity (Wildman–Crippen MR) is 89.4 cm³/mol. The van der Waals surface area contributed by atoms with Crippen molar-refractivity contribution in [3.8, 4) is 22.4 Å². The van der Waals surface area contributed by atoms with Crippen LogP contribution in [0.2, 0.25) is 0 Å². The van der Waals surface area contributed by atoms with Gasteiger partial charge < -0.3 is 0 Å². The van der Waals surface area contributed by atoms with Gasteiger partial charge >= 0.3 is 6.18 Å². The molecule has 3 aromatic rings. The molecule has 0 aliphatic heterocycles. The van der Waals surface area contributed by atoms with Gasteiger partial charge in [0.25, 0.3) is 0 Å². The number of rotatable bonds is 3. The van der Waals surface area contributed by atoms with Crippen LogP contribution in [-0.2, 0) is 16.2 Å². The van der Waals surface area contributed by atoms with Crippen LogP contribution in [0.4, 0.5) is 13.2 Å². The van der Waals surface area contributed by atoms with Crippen LogP contribution in [-0.4, -0.2) is 18.6 Å². The van der Waals surface area contributed by atoms with Crippen molar-refractivity contribution in [2.45, 2.75) is 18.0 Å². The Labute approximate surface area is 147 Å². The molecule has 0 atom stereocenters. The van der Waals surface area contributed by atoms with E-state index in [9.17, 15) is 21.6 Å². The Kier molecular flexibility index (Phi) is 4.37. The number of nitrogens with two attached hydrogens (primary N) is 1. The van der Waals surface area contributed by atoms with Crippen LogP contribution in [0.1, 0.15) is 11.3 Å². The molecule has 1 heterocycles. The van der Waals surface area contributed by atoms with Gasteiger partial charge in [0.15, 0.2) is 5.69 Å². The molecule has 0 saturated heterocycles. The molecule has 1 aromatic heterocycles. The van der Waals surface area contributed by atoms with E-state index in [1.807, 2.05) is 0 Å². The van der Waals surface area contributed by atoms with Crippen molar-refractivity contribution in [3.05, 3.63) is 59.8 Å². The summed E-state index contributed by atoms with van der Waals surface area (Å²) in [6.45, 7) is 1.74. The summed E-state index contributed by atoms with van der Waals surface area (Å²) in [5.74, 6) is 0. The highest BCUT2D eigenvalue weighted by Gasteiger charge is 2.34. The van der Waals surface area contributed by atoms with E-state index in [-0.39, 0.29) is 10.6 Å². The third-order valence-electron chi connectivity index (χ3n) is 3.89. The second kappa shape index (κ2) is 6.26. The molecule has 0 aliphatic rings. The van der Waals surface area contributed by atoms with E-state index >= 15 is 0 Å². The van der Waals surface area contributed by atoms with Crippen molar-refractivity contribution < 1.29 is 21.6 Å².